The molecule has 0 amide bonds. The Kier molecular flexibility index (Phi) is 17.7. The molecule has 9 nitrogen and oxygen atoms in total. The maximum absolute atomic E-state index is 10.9. The highest BCUT2D eigenvalue weighted by molar-refractivity contribution is 7.46. The number of phosphoric ester groups is 2. The van der Waals surface area contributed by atoms with Crippen LogP contribution in [-0.4, -0.2) is 46.0 Å². The molecule has 0 rings (SSSR count). The number of ether oxygens (including phenoxy) is 1. The van der Waals surface area contributed by atoms with Crippen LogP contribution in [0.3, 0.4) is 0 Å². The smallest absolute Gasteiger partial charge is 0.381 e. The van der Waals surface area contributed by atoms with Crippen LogP contribution in [0.15, 0.2) is 0 Å². The molecule has 11 heteroatoms. The van der Waals surface area contributed by atoms with E-state index >= 15 is 0 Å². The molecule has 0 radical (unpaired) electrons. The Balaban J connectivity index is 4.08. The minimum Gasteiger partial charge on any atom is -0.381 e. The van der Waals surface area contributed by atoms with Crippen LogP contribution >= 0.6 is 15.6 Å². The largest absolute Gasteiger partial charge is 0.469 e. The van der Waals surface area contributed by atoms with Gasteiger partial charge in [-0.3, -0.25) is 9.05 Å². The first-order chi connectivity index (χ1) is 15.9. The molecular formula is C23H50O9P2. The molecule has 0 spiro atoms. The molecule has 0 aromatic heterocycles. The summed E-state index contributed by atoms with van der Waals surface area (Å²) in [5.41, 5.74) is 0.237. The third-order valence-corrected chi connectivity index (χ3v) is 8.53. The van der Waals surface area contributed by atoms with Gasteiger partial charge in [-0.2, -0.15) is 0 Å². The average Bonchev–Trinajstić information content (AvgIpc) is 2.77. The highest BCUT2D eigenvalue weighted by atomic mass is 31.2. The minimum absolute atomic E-state index is 0.0507. The van der Waals surface area contributed by atoms with E-state index in [1.807, 2.05) is 0 Å². The molecule has 0 bridgehead atoms. The van der Waals surface area contributed by atoms with E-state index in [-0.39, 0.29) is 24.0 Å². The normalized spacial score (nSPS) is 13.5. The zero-order chi connectivity index (χ0) is 26.1. The zero-order valence-corrected chi connectivity index (χ0v) is 23.5. The first-order valence-corrected chi connectivity index (χ1v) is 15.9. The van der Waals surface area contributed by atoms with Crippen molar-refractivity contribution in [3.63, 3.8) is 0 Å². The molecule has 0 unspecified atom stereocenters. The van der Waals surface area contributed by atoms with Crippen molar-refractivity contribution < 1.29 is 42.5 Å². The third kappa shape index (κ3) is 16.8. The van der Waals surface area contributed by atoms with Crippen LogP contribution in [-0.2, 0) is 22.9 Å². The van der Waals surface area contributed by atoms with Crippen molar-refractivity contribution >= 4 is 15.6 Å². The van der Waals surface area contributed by atoms with E-state index in [2.05, 4.69) is 36.7 Å². The Morgan fingerprint density at radius 3 is 1.32 bits per heavy atom. The molecule has 0 heterocycles. The van der Waals surface area contributed by atoms with E-state index in [1.54, 1.807) is 0 Å². The molecule has 0 aromatic carbocycles. The second-order valence-electron chi connectivity index (χ2n) is 9.44. The number of hydrogen-bond acceptors (Lipinski definition) is 5. The zero-order valence-electron chi connectivity index (χ0n) is 21.7. The van der Waals surface area contributed by atoms with Crippen molar-refractivity contribution in [1.82, 2.24) is 0 Å². The van der Waals surface area contributed by atoms with Crippen LogP contribution in [0.25, 0.3) is 0 Å². The SMILES string of the molecule is CCC(CC)(CCCCOCCCCC(CC)(CC)CCOP(=O)(O)O)CCCOP(=O)(O)O. The van der Waals surface area contributed by atoms with Crippen molar-refractivity contribution in [3.8, 4) is 0 Å². The van der Waals surface area contributed by atoms with Crippen LogP contribution in [0, 0.1) is 10.8 Å². The quantitative estimate of drug-likeness (QED) is 0.0875. The first-order valence-electron chi connectivity index (χ1n) is 12.8. The molecule has 0 saturated heterocycles. The predicted molar refractivity (Wildman–Crippen MR) is 134 cm³/mol. The Bertz CT molecular complexity index is 595. The molecule has 0 aromatic rings. The summed E-state index contributed by atoms with van der Waals surface area (Å²) < 4.78 is 36.8. The standard InChI is InChI=1S/C23H50O9P2/c1-5-22(6-2,16-13-20-31-33(24,25)26)14-9-11-18-30-19-12-10-15-23(7-3,8-4)17-21-32-34(27,28)29/h5-21H2,1-4H3,(H2,24,25,26)(H2,27,28,29). The minimum atomic E-state index is -4.41. The fourth-order valence-corrected chi connectivity index (χ4v) is 5.38. The van der Waals surface area contributed by atoms with Crippen LogP contribution in [0.1, 0.15) is 111 Å². The maximum atomic E-state index is 10.9. The van der Waals surface area contributed by atoms with Gasteiger partial charge in [0.25, 0.3) is 0 Å². The average molecular weight is 533 g/mol. The fraction of sp³-hybridized carbons (Fsp3) is 1.00. The van der Waals surface area contributed by atoms with Gasteiger partial charge in [0.05, 0.1) is 13.2 Å². The summed E-state index contributed by atoms with van der Waals surface area (Å²) in [6, 6.07) is 0. The molecule has 206 valence electrons. The van der Waals surface area contributed by atoms with Crippen molar-refractivity contribution in [2.24, 2.45) is 10.8 Å². The number of unbranched alkanes of at least 4 members (excludes halogenated alkanes) is 2. The highest BCUT2D eigenvalue weighted by Crippen LogP contribution is 2.41. The van der Waals surface area contributed by atoms with Crippen LogP contribution in [0.2, 0.25) is 0 Å². The lowest BCUT2D eigenvalue weighted by molar-refractivity contribution is 0.107. The van der Waals surface area contributed by atoms with E-state index in [0.717, 1.165) is 83.8 Å². The van der Waals surface area contributed by atoms with Crippen molar-refractivity contribution in [3.05, 3.63) is 0 Å². The summed E-state index contributed by atoms with van der Waals surface area (Å²) in [7, 11) is -8.79. The van der Waals surface area contributed by atoms with Gasteiger partial charge in [0.2, 0.25) is 0 Å². The van der Waals surface area contributed by atoms with Gasteiger partial charge in [0.1, 0.15) is 0 Å². The molecule has 34 heavy (non-hydrogen) atoms. The Labute approximate surface area is 206 Å². The summed E-state index contributed by atoms with van der Waals surface area (Å²) in [6.45, 7) is 10.2. The van der Waals surface area contributed by atoms with Gasteiger partial charge >= 0.3 is 15.6 Å². The molecule has 0 aliphatic rings. The molecule has 0 atom stereocenters. The number of hydrogen-bond donors (Lipinski definition) is 4. The van der Waals surface area contributed by atoms with Gasteiger partial charge in [-0.25, -0.2) is 9.13 Å². The maximum Gasteiger partial charge on any atom is 0.469 e. The van der Waals surface area contributed by atoms with Gasteiger partial charge in [0, 0.05) is 13.2 Å². The van der Waals surface area contributed by atoms with Crippen LogP contribution in [0.4, 0.5) is 0 Å². The second kappa shape index (κ2) is 17.6. The summed E-state index contributed by atoms with van der Waals surface area (Å²) in [6.07, 6.45) is 12.3. The Hall–Kier alpha value is 0.180. The predicted octanol–water partition coefficient (Wildman–Crippen LogP) is 6.35. The van der Waals surface area contributed by atoms with Gasteiger partial charge < -0.3 is 24.3 Å². The first kappa shape index (κ1) is 34.2. The summed E-state index contributed by atoms with van der Waals surface area (Å²) >= 11 is 0. The molecule has 4 N–H and O–H groups in total. The van der Waals surface area contributed by atoms with E-state index in [1.165, 1.54) is 0 Å². The van der Waals surface area contributed by atoms with Crippen molar-refractivity contribution in [2.75, 3.05) is 26.4 Å². The van der Waals surface area contributed by atoms with Gasteiger partial charge in [-0.15, -0.1) is 0 Å². The third-order valence-electron chi connectivity index (χ3n) is 7.49. The van der Waals surface area contributed by atoms with Crippen LogP contribution in [0.5, 0.6) is 0 Å². The highest BCUT2D eigenvalue weighted by Gasteiger charge is 2.27. The second-order valence-corrected chi connectivity index (χ2v) is 11.9. The molecular weight excluding hydrogens is 482 g/mol. The monoisotopic (exact) mass is 532 g/mol. The fourth-order valence-electron chi connectivity index (χ4n) is 4.69. The van der Waals surface area contributed by atoms with Crippen molar-refractivity contribution in [1.29, 1.82) is 0 Å². The van der Waals surface area contributed by atoms with Gasteiger partial charge in [-0.1, -0.05) is 66.2 Å². The topological polar surface area (TPSA) is 143 Å². The van der Waals surface area contributed by atoms with E-state index < -0.39 is 15.6 Å². The van der Waals surface area contributed by atoms with Gasteiger partial charge in [0.15, 0.2) is 0 Å². The van der Waals surface area contributed by atoms with Gasteiger partial charge in [-0.05, 0) is 55.8 Å². The lowest BCUT2D eigenvalue weighted by atomic mass is 9.74. The summed E-state index contributed by atoms with van der Waals surface area (Å²) in [4.78, 5) is 35.4. The number of rotatable bonds is 23. The molecule has 0 saturated carbocycles. The molecule has 0 fully saturated rings. The van der Waals surface area contributed by atoms with E-state index in [4.69, 9.17) is 24.3 Å². The van der Waals surface area contributed by atoms with E-state index in [9.17, 15) is 9.13 Å². The summed E-state index contributed by atoms with van der Waals surface area (Å²) in [5, 5.41) is 0. The molecule has 0 aliphatic heterocycles. The summed E-state index contributed by atoms with van der Waals surface area (Å²) in [5.74, 6) is 0. The van der Waals surface area contributed by atoms with Crippen molar-refractivity contribution in [2.45, 2.75) is 111 Å². The Morgan fingerprint density at radius 1 is 0.529 bits per heavy atom. The molecule has 0 aliphatic carbocycles. The van der Waals surface area contributed by atoms with E-state index in [0.29, 0.717) is 12.8 Å². The number of phosphoric acid groups is 2. The Morgan fingerprint density at radius 2 is 0.912 bits per heavy atom. The van der Waals surface area contributed by atoms with Crippen LogP contribution < -0.4 is 0 Å². The lowest BCUT2D eigenvalue weighted by Gasteiger charge is -2.32. The lowest BCUT2D eigenvalue weighted by Crippen LogP contribution is -2.21.